The predicted octanol–water partition coefficient (Wildman–Crippen LogP) is 2.36. The molecule has 1 aromatic carbocycles. The van der Waals surface area contributed by atoms with Gasteiger partial charge in [-0.15, -0.1) is 0 Å². The fourth-order valence-corrected chi connectivity index (χ4v) is 3.57. The highest BCUT2D eigenvalue weighted by Crippen LogP contribution is 2.47. The molecule has 1 N–H and O–H groups in total. The molecule has 1 heterocycles. The number of rotatable bonds is 3. The molecule has 0 saturated carbocycles. The van der Waals surface area contributed by atoms with Crippen LogP contribution in [0, 0.1) is 5.92 Å². The highest BCUT2D eigenvalue weighted by Gasteiger charge is 2.60. The van der Waals surface area contributed by atoms with Gasteiger partial charge in [0.25, 0.3) is 5.91 Å². The smallest absolute Gasteiger partial charge is 0.337 e. The van der Waals surface area contributed by atoms with Gasteiger partial charge in [-0.3, -0.25) is 9.69 Å². The van der Waals surface area contributed by atoms with Gasteiger partial charge in [-0.2, -0.15) is 0 Å². The number of esters is 1. The van der Waals surface area contributed by atoms with Crippen LogP contribution in [-0.2, 0) is 14.3 Å². The average Bonchev–Trinajstić information content (AvgIpc) is 2.84. The molecule has 1 aliphatic carbocycles. The van der Waals surface area contributed by atoms with Gasteiger partial charge in [-0.1, -0.05) is 19.1 Å². The van der Waals surface area contributed by atoms with E-state index >= 15 is 0 Å². The minimum absolute atomic E-state index is 0.245. The van der Waals surface area contributed by atoms with Crippen molar-refractivity contribution in [3.63, 3.8) is 0 Å². The molecule has 2 atom stereocenters. The van der Waals surface area contributed by atoms with Crippen molar-refractivity contribution in [3.8, 4) is 5.75 Å². The van der Waals surface area contributed by atoms with E-state index in [2.05, 4.69) is 0 Å². The zero-order valence-electron chi connectivity index (χ0n) is 13.8. The molecule has 0 saturated heterocycles. The second-order valence-corrected chi connectivity index (χ2v) is 5.87. The van der Waals surface area contributed by atoms with Gasteiger partial charge in [0.2, 0.25) is 0 Å². The van der Waals surface area contributed by atoms with Crippen molar-refractivity contribution in [3.05, 3.63) is 47.7 Å². The molecule has 1 amide bonds. The molecular weight excluding hydrogens is 310 g/mol. The molecule has 0 bridgehead atoms. The number of hydrogen-bond donors (Lipinski definition) is 1. The third-order valence-corrected chi connectivity index (χ3v) is 4.64. The number of benzene rings is 1. The summed E-state index contributed by atoms with van der Waals surface area (Å²) in [6.07, 6.45) is 3.96. The number of ether oxygens (including phenoxy) is 2. The normalized spacial score (nSPS) is 25.7. The van der Waals surface area contributed by atoms with Gasteiger partial charge in [0.1, 0.15) is 5.75 Å². The van der Waals surface area contributed by atoms with Crippen LogP contribution in [0.3, 0.4) is 0 Å². The molecular formula is C18H19NO5. The van der Waals surface area contributed by atoms with Crippen molar-refractivity contribution in [1.82, 2.24) is 0 Å². The number of aliphatic hydroxyl groups is 1. The number of hydrogen-bond acceptors (Lipinski definition) is 5. The summed E-state index contributed by atoms with van der Waals surface area (Å²) in [5.74, 6) is -1.16. The summed E-state index contributed by atoms with van der Waals surface area (Å²) in [4.78, 5) is 26.8. The number of carbonyl (C=O) groups is 2. The van der Waals surface area contributed by atoms with E-state index in [4.69, 9.17) is 9.47 Å². The Balaban J connectivity index is 2.19. The van der Waals surface area contributed by atoms with Crippen molar-refractivity contribution >= 4 is 17.6 Å². The van der Waals surface area contributed by atoms with Gasteiger partial charge < -0.3 is 14.6 Å². The first kappa shape index (κ1) is 16.1. The Labute approximate surface area is 140 Å². The fourth-order valence-electron chi connectivity index (χ4n) is 3.57. The number of anilines is 1. The molecule has 3 rings (SSSR count). The number of carbonyl (C=O) groups excluding carboxylic acids is 2. The van der Waals surface area contributed by atoms with E-state index in [1.807, 2.05) is 19.1 Å². The van der Waals surface area contributed by atoms with E-state index in [-0.39, 0.29) is 18.1 Å². The highest BCUT2D eigenvalue weighted by atomic mass is 16.5. The summed E-state index contributed by atoms with van der Waals surface area (Å²) < 4.78 is 10.1. The third kappa shape index (κ3) is 2.02. The van der Waals surface area contributed by atoms with Crippen LogP contribution >= 0.6 is 0 Å². The van der Waals surface area contributed by atoms with Crippen LogP contribution in [0.4, 0.5) is 5.69 Å². The maximum Gasteiger partial charge on any atom is 0.337 e. The first-order chi connectivity index (χ1) is 11.5. The number of methoxy groups -OCH3 is 2. The second kappa shape index (κ2) is 5.70. The van der Waals surface area contributed by atoms with Gasteiger partial charge in [0, 0.05) is 23.6 Å². The van der Waals surface area contributed by atoms with Crippen LogP contribution in [0.15, 0.2) is 47.7 Å². The van der Waals surface area contributed by atoms with E-state index in [9.17, 15) is 14.7 Å². The number of fused-ring (bicyclic) bond motifs is 1. The van der Waals surface area contributed by atoms with Crippen molar-refractivity contribution in [1.29, 1.82) is 0 Å². The number of allylic oxidation sites excluding steroid dienone is 1. The van der Waals surface area contributed by atoms with Crippen LogP contribution < -0.4 is 9.64 Å². The molecule has 0 spiro atoms. The lowest BCUT2D eigenvalue weighted by molar-refractivity contribution is -0.146. The molecule has 24 heavy (non-hydrogen) atoms. The monoisotopic (exact) mass is 329 g/mol. The molecule has 1 aliphatic heterocycles. The Morgan fingerprint density at radius 2 is 1.96 bits per heavy atom. The topological polar surface area (TPSA) is 76.1 Å². The zero-order chi connectivity index (χ0) is 17.5. The van der Waals surface area contributed by atoms with Crippen molar-refractivity contribution in [2.45, 2.75) is 18.9 Å². The SMILES string of the molecule is COC(=O)[C@@]12CC=C[C@@H](C)C1=C(O)C(=O)N2c1ccc(OC)cc1. The van der Waals surface area contributed by atoms with Crippen LogP contribution in [0.1, 0.15) is 13.3 Å². The van der Waals surface area contributed by atoms with Crippen LogP contribution in [0.5, 0.6) is 5.75 Å². The molecule has 6 heteroatoms. The van der Waals surface area contributed by atoms with Crippen molar-refractivity contribution < 1.29 is 24.2 Å². The molecule has 2 aliphatic rings. The Kier molecular flexibility index (Phi) is 3.83. The standard InChI is InChI=1S/C18H19NO5/c1-11-5-4-10-18(17(22)24-3)14(11)15(20)16(21)19(18)12-6-8-13(23-2)9-7-12/h4-9,11,20H,10H2,1-3H3/t11-,18-/m1/s1. The van der Waals surface area contributed by atoms with E-state index in [0.717, 1.165) is 0 Å². The van der Waals surface area contributed by atoms with Crippen LogP contribution in [-0.4, -0.2) is 36.7 Å². The Morgan fingerprint density at radius 3 is 2.54 bits per heavy atom. The Bertz CT molecular complexity index is 749. The third-order valence-electron chi connectivity index (χ3n) is 4.64. The fraction of sp³-hybridized carbons (Fsp3) is 0.333. The maximum absolute atomic E-state index is 12.7. The van der Waals surface area contributed by atoms with Gasteiger partial charge in [-0.05, 0) is 24.3 Å². The van der Waals surface area contributed by atoms with E-state index in [0.29, 0.717) is 17.0 Å². The summed E-state index contributed by atoms with van der Waals surface area (Å²) in [5, 5.41) is 10.4. The van der Waals surface area contributed by atoms with Gasteiger partial charge in [0.15, 0.2) is 11.3 Å². The molecule has 126 valence electrons. The summed E-state index contributed by atoms with van der Waals surface area (Å²) in [7, 11) is 2.83. The Morgan fingerprint density at radius 1 is 1.29 bits per heavy atom. The first-order valence-corrected chi connectivity index (χ1v) is 7.64. The van der Waals surface area contributed by atoms with E-state index in [1.165, 1.54) is 12.0 Å². The van der Waals surface area contributed by atoms with Crippen LogP contribution in [0.25, 0.3) is 0 Å². The van der Waals surface area contributed by atoms with E-state index < -0.39 is 17.4 Å². The number of nitrogens with zero attached hydrogens (tertiary/aromatic N) is 1. The van der Waals surface area contributed by atoms with Crippen molar-refractivity contribution in [2.24, 2.45) is 5.92 Å². The average molecular weight is 329 g/mol. The largest absolute Gasteiger partial charge is 0.503 e. The van der Waals surface area contributed by atoms with Gasteiger partial charge in [0.05, 0.1) is 14.2 Å². The van der Waals surface area contributed by atoms with E-state index in [1.54, 1.807) is 31.4 Å². The summed E-state index contributed by atoms with van der Waals surface area (Å²) in [6.45, 7) is 1.84. The summed E-state index contributed by atoms with van der Waals surface area (Å²) in [6, 6.07) is 6.76. The minimum atomic E-state index is -1.35. The zero-order valence-corrected chi connectivity index (χ0v) is 13.8. The minimum Gasteiger partial charge on any atom is -0.503 e. The lowest BCUT2D eigenvalue weighted by atomic mass is 9.76. The number of aliphatic hydroxyl groups excluding tert-OH is 1. The summed E-state index contributed by atoms with van der Waals surface area (Å²) >= 11 is 0. The highest BCUT2D eigenvalue weighted by molar-refractivity contribution is 6.16. The molecule has 0 unspecified atom stereocenters. The Hall–Kier alpha value is -2.76. The first-order valence-electron chi connectivity index (χ1n) is 7.64. The number of amides is 1. The van der Waals surface area contributed by atoms with Gasteiger partial charge >= 0.3 is 5.97 Å². The summed E-state index contributed by atoms with van der Waals surface area (Å²) in [5.41, 5.74) is -0.466. The second-order valence-electron chi connectivity index (χ2n) is 5.87. The molecule has 0 radical (unpaired) electrons. The molecule has 0 fully saturated rings. The van der Waals surface area contributed by atoms with Gasteiger partial charge in [-0.25, -0.2) is 4.79 Å². The lowest BCUT2D eigenvalue weighted by Crippen LogP contribution is -2.56. The molecule has 6 nitrogen and oxygen atoms in total. The molecule has 0 aromatic heterocycles. The quantitative estimate of drug-likeness (QED) is 0.680. The predicted molar refractivity (Wildman–Crippen MR) is 87.8 cm³/mol. The van der Waals surface area contributed by atoms with Crippen molar-refractivity contribution in [2.75, 3.05) is 19.1 Å². The molecule has 1 aromatic rings. The van der Waals surface area contributed by atoms with Crippen LogP contribution in [0.2, 0.25) is 0 Å². The maximum atomic E-state index is 12.7. The lowest BCUT2D eigenvalue weighted by Gasteiger charge is -2.40.